The van der Waals surface area contributed by atoms with Crippen LogP contribution in [-0.2, 0) is 28.7 Å². The van der Waals surface area contributed by atoms with Gasteiger partial charge in [-0.15, -0.1) is 0 Å². The minimum atomic E-state index is -0.741. The third-order valence-corrected chi connectivity index (χ3v) is 4.93. The maximum absolute atomic E-state index is 14.8. The Balaban J connectivity index is 1.54. The van der Waals surface area contributed by atoms with Gasteiger partial charge in [0.05, 0.1) is 24.5 Å². The fourth-order valence-electron chi connectivity index (χ4n) is 3.31. The molecule has 178 valence electrons. The van der Waals surface area contributed by atoms with Crippen LogP contribution in [0.4, 0.5) is 20.6 Å². The van der Waals surface area contributed by atoms with Crippen molar-refractivity contribution >= 4 is 35.3 Å². The molecule has 33 heavy (non-hydrogen) atoms. The third kappa shape index (κ3) is 6.57. The van der Waals surface area contributed by atoms with Gasteiger partial charge < -0.3 is 24.5 Å². The van der Waals surface area contributed by atoms with Gasteiger partial charge in [0.2, 0.25) is 5.91 Å². The van der Waals surface area contributed by atoms with Gasteiger partial charge in [-0.3, -0.25) is 14.5 Å². The summed E-state index contributed by atoms with van der Waals surface area (Å²) in [6.45, 7) is 3.29. The zero-order valence-corrected chi connectivity index (χ0v) is 18.3. The van der Waals surface area contributed by atoms with E-state index in [9.17, 15) is 23.6 Å². The lowest BCUT2D eigenvalue weighted by molar-refractivity contribution is -0.161. The second kappa shape index (κ2) is 10.7. The van der Waals surface area contributed by atoms with E-state index in [1.807, 2.05) is 0 Å². The number of halogens is 1. The summed E-state index contributed by atoms with van der Waals surface area (Å²) in [5.41, 5.74) is 3.89. The van der Waals surface area contributed by atoms with Crippen molar-refractivity contribution in [2.75, 3.05) is 42.6 Å². The summed E-state index contributed by atoms with van der Waals surface area (Å²) in [6.07, 6.45) is 1.11. The molecule has 1 aromatic carbocycles. The number of rotatable bonds is 8. The van der Waals surface area contributed by atoms with Crippen LogP contribution in [0.5, 0.6) is 0 Å². The summed E-state index contributed by atoms with van der Waals surface area (Å²) in [7, 11) is 0. The Morgan fingerprint density at radius 3 is 2.70 bits per heavy atom. The number of hydroxylamine groups is 1. The first-order chi connectivity index (χ1) is 15.7. The van der Waals surface area contributed by atoms with Crippen LogP contribution in [0.15, 0.2) is 30.0 Å². The SMILES string of the molecule is CC(=O)NC[C@H]1CN(c2ccc(N3CC=C(NOC(=O)COC(C)=O)CC3)c(F)c2)C(=O)O1. The fraction of sp³-hybridized carbons (Fsp3) is 0.429. The van der Waals surface area contributed by atoms with Gasteiger partial charge in [-0.05, 0) is 24.3 Å². The largest absolute Gasteiger partial charge is 0.454 e. The molecular formula is C21H25FN4O7. The molecule has 11 nitrogen and oxygen atoms in total. The number of amides is 2. The highest BCUT2D eigenvalue weighted by molar-refractivity contribution is 5.90. The number of esters is 1. The summed E-state index contributed by atoms with van der Waals surface area (Å²) in [5.74, 6) is -2.05. The van der Waals surface area contributed by atoms with E-state index in [1.165, 1.54) is 24.8 Å². The molecule has 0 unspecified atom stereocenters. The Morgan fingerprint density at radius 2 is 2.06 bits per heavy atom. The Morgan fingerprint density at radius 1 is 1.27 bits per heavy atom. The van der Waals surface area contributed by atoms with Gasteiger partial charge in [-0.2, -0.15) is 0 Å². The van der Waals surface area contributed by atoms with E-state index >= 15 is 0 Å². The van der Waals surface area contributed by atoms with Crippen molar-refractivity contribution < 1.29 is 37.9 Å². The zero-order valence-electron chi connectivity index (χ0n) is 18.3. The summed E-state index contributed by atoms with van der Waals surface area (Å²) in [5, 5.41) is 2.59. The molecule has 1 saturated heterocycles. The van der Waals surface area contributed by atoms with Crippen LogP contribution >= 0.6 is 0 Å². The van der Waals surface area contributed by atoms with Crippen LogP contribution < -0.4 is 20.6 Å². The smallest absolute Gasteiger partial charge is 0.414 e. The molecule has 0 radical (unpaired) electrons. The summed E-state index contributed by atoms with van der Waals surface area (Å²) >= 11 is 0. The first-order valence-corrected chi connectivity index (χ1v) is 10.3. The van der Waals surface area contributed by atoms with Crippen LogP contribution in [0.2, 0.25) is 0 Å². The molecule has 0 aliphatic carbocycles. The quantitative estimate of drug-likeness (QED) is 0.329. The minimum absolute atomic E-state index is 0.188. The van der Waals surface area contributed by atoms with Gasteiger partial charge in [0, 0.05) is 39.1 Å². The van der Waals surface area contributed by atoms with Crippen LogP contribution in [0, 0.1) is 5.82 Å². The van der Waals surface area contributed by atoms with Crippen molar-refractivity contribution in [1.82, 2.24) is 10.8 Å². The Kier molecular flexibility index (Phi) is 7.70. The molecular weight excluding hydrogens is 439 g/mol. The van der Waals surface area contributed by atoms with E-state index in [-0.39, 0.29) is 19.0 Å². The lowest BCUT2D eigenvalue weighted by Gasteiger charge is -2.29. The van der Waals surface area contributed by atoms with Crippen LogP contribution in [0.1, 0.15) is 20.3 Å². The number of ether oxygens (including phenoxy) is 2. The predicted molar refractivity (Wildman–Crippen MR) is 113 cm³/mol. The maximum Gasteiger partial charge on any atom is 0.414 e. The van der Waals surface area contributed by atoms with Gasteiger partial charge in [-0.1, -0.05) is 0 Å². The van der Waals surface area contributed by atoms with Gasteiger partial charge in [-0.25, -0.2) is 19.5 Å². The van der Waals surface area contributed by atoms with Crippen molar-refractivity contribution in [1.29, 1.82) is 0 Å². The summed E-state index contributed by atoms with van der Waals surface area (Å²) < 4.78 is 24.6. The fourth-order valence-corrected chi connectivity index (χ4v) is 3.31. The van der Waals surface area contributed by atoms with Crippen molar-refractivity contribution in [3.63, 3.8) is 0 Å². The number of hydrogen-bond acceptors (Lipinski definition) is 9. The second-order valence-corrected chi connectivity index (χ2v) is 7.47. The molecule has 1 aromatic rings. The molecule has 2 N–H and O–H groups in total. The van der Waals surface area contributed by atoms with Gasteiger partial charge in [0.1, 0.15) is 11.9 Å². The van der Waals surface area contributed by atoms with E-state index in [4.69, 9.17) is 9.57 Å². The lowest BCUT2D eigenvalue weighted by atomic mass is 10.1. The van der Waals surface area contributed by atoms with Crippen LogP contribution in [-0.4, -0.2) is 62.8 Å². The first-order valence-electron chi connectivity index (χ1n) is 10.3. The monoisotopic (exact) mass is 464 g/mol. The van der Waals surface area contributed by atoms with Crippen LogP contribution in [0.3, 0.4) is 0 Å². The molecule has 0 aromatic heterocycles. The number of benzene rings is 1. The molecule has 0 bridgehead atoms. The number of anilines is 2. The predicted octanol–water partition coefficient (Wildman–Crippen LogP) is 0.992. The Labute approximate surface area is 189 Å². The maximum atomic E-state index is 14.8. The van der Waals surface area contributed by atoms with Gasteiger partial charge >= 0.3 is 18.0 Å². The Hall–Kier alpha value is -3.83. The normalized spacial score (nSPS) is 17.7. The van der Waals surface area contributed by atoms with Gasteiger partial charge in [0.15, 0.2) is 6.61 Å². The highest BCUT2D eigenvalue weighted by Gasteiger charge is 2.33. The molecule has 12 heteroatoms. The molecule has 2 aliphatic rings. The molecule has 2 aliphatic heterocycles. The number of hydrogen-bond donors (Lipinski definition) is 2. The number of cyclic esters (lactones) is 1. The van der Waals surface area contributed by atoms with E-state index in [1.54, 1.807) is 23.1 Å². The van der Waals surface area contributed by atoms with E-state index < -0.39 is 36.6 Å². The van der Waals surface area contributed by atoms with Crippen molar-refractivity contribution in [2.24, 2.45) is 0 Å². The highest BCUT2D eigenvalue weighted by atomic mass is 19.1. The number of carbonyl (C=O) groups excluding carboxylic acids is 4. The second-order valence-electron chi connectivity index (χ2n) is 7.47. The average Bonchev–Trinajstić information content (AvgIpc) is 3.15. The molecule has 1 fully saturated rings. The average molecular weight is 464 g/mol. The molecule has 0 saturated carbocycles. The van der Waals surface area contributed by atoms with E-state index in [2.05, 4.69) is 15.5 Å². The van der Waals surface area contributed by atoms with Gasteiger partial charge in [0.25, 0.3) is 0 Å². The molecule has 3 rings (SSSR count). The molecule has 1 atom stereocenters. The van der Waals surface area contributed by atoms with E-state index in [0.29, 0.717) is 36.6 Å². The first kappa shape index (κ1) is 23.8. The summed E-state index contributed by atoms with van der Waals surface area (Å²) in [6, 6.07) is 4.49. The molecule has 0 spiro atoms. The molecule has 2 heterocycles. The van der Waals surface area contributed by atoms with Crippen molar-refractivity contribution in [3.05, 3.63) is 35.8 Å². The topological polar surface area (TPSA) is 127 Å². The minimum Gasteiger partial charge on any atom is -0.454 e. The molecule has 2 amide bonds. The number of carbonyl (C=O) groups is 4. The van der Waals surface area contributed by atoms with Crippen LogP contribution in [0.25, 0.3) is 0 Å². The summed E-state index contributed by atoms with van der Waals surface area (Å²) in [4.78, 5) is 53.3. The lowest BCUT2D eigenvalue weighted by Crippen LogP contribution is -2.34. The zero-order chi connectivity index (χ0) is 24.0. The van der Waals surface area contributed by atoms with Crippen molar-refractivity contribution in [2.45, 2.75) is 26.4 Å². The number of nitrogens with one attached hydrogen (secondary N) is 2. The van der Waals surface area contributed by atoms with E-state index in [0.717, 1.165) is 0 Å². The standard InChI is InChI=1S/C21H25FN4O7/c1-13(27)23-10-17-11-26(21(30)32-17)16-3-4-19(18(22)9-16)25-7-5-15(6-8-25)24-33-20(29)12-31-14(2)28/h3-5,9,17,24H,6-8,10-12H2,1-2H3,(H,23,27)/t17-/m0/s1. The highest BCUT2D eigenvalue weighted by Crippen LogP contribution is 2.29. The Bertz CT molecular complexity index is 968. The number of nitrogens with zero attached hydrogens (tertiary/aromatic N) is 2. The van der Waals surface area contributed by atoms with Crippen molar-refractivity contribution in [3.8, 4) is 0 Å². The third-order valence-electron chi connectivity index (χ3n) is 4.93.